The highest BCUT2D eigenvalue weighted by Crippen LogP contribution is 2.37. The molecule has 6 rings (SSSR count). The van der Waals surface area contributed by atoms with Gasteiger partial charge in [0.15, 0.2) is 9.84 Å². The predicted molar refractivity (Wildman–Crippen MR) is 129 cm³/mol. The van der Waals surface area contributed by atoms with Gasteiger partial charge in [-0.15, -0.1) is 0 Å². The molecule has 4 aromatic rings. The van der Waals surface area contributed by atoms with Crippen molar-refractivity contribution in [3.05, 3.63) is 43.0 Å². The zero-order chi connectivity index (χ0) is 22.4. The Morgan fingerprint density at radius 3 is 2.61 bits per heavy atom. The topological polar surface area (TPSA) is 115 Å². The molecule has 1 aliphatic heterocycles. The second-order valence-electron chi connectivity index (χ2n) is 8.93. The molecule has 1 atom stereocenters. The normalized spacial score (nSPS) is 20.5. The van der Waals surface area contributed by atoms with Crippen molar-refractivity contribution in [3.63, 3.8) is 0 Å². The Bertz CT molecular complexity index is 1430. The van der Waals surface area contributed by atoms with Crippen molar-refractivity contribution in [3.8, 4) is 0 Å². The van der Waals surface area contributed by atoms with E-state index in [1.807, 2.05) is 36.8 Å². The Morgan fingerprint density at radius 1 is 0.970 bits per heavy atom. The predicted octanol–water partition coefficient (Wildman–Crippen LogP) is 3.83. The Kier molecular flexibility index (Phi) is 4.90. The van der Waals surface area contributed by atoms with E-state index in [1.54, 1.807) is 6.20 Å². The molecule has 170 valence electrons. The molecule has 1 saturated carbocycles. The van der Waals surface area contributed by atoms with Crippen LogP contribution in [0.25, 0.3) is 21.9 Å². The zero-order valence-corrected chi connectivity index (χ0v) is 18.9. The van der Waals surface area contributed by atoms with E-state index in [1.165, 1.54) is 12.8 Å². The van der Waals surface area contributed by atoms with E-state index in [9.17, 15) is 8.42 Å². The summed E-state index contributed by atoms with van der Waals surface area (Å²) in [4.78, 5) is 18.2. The minimum absolute atomic E-state index is 0.0617. The molecule has 0 bridgehead atoms. The summed E-state index contributed by atoms with van der Waals surface area (Å²) < 4.78 is 25.7. The molecular weight excluding hydrogens is 438 g/mol. The third-order valence-corrected chi connectivity index (χ3v) is 8.41. The first kappa shape index (κ1) is 20.3. The summed E-state index contributed by atoms with van der Waals surface area (Å²) in [6, 6.07) is 6.13. The Hall–Kier alpha value is -3.27. The maximum Gasteiger partial charge on any atom is 0.230 e. The van der Waals surface area contributed by atoms with Gasteiger partial charge in [0.2, 0.25) is 5.95 Å². The van der Waals surface area contributed by atoms with Gasteiger partial charge in [0, 0.05) is 35.2 Å². The van der Waals surface area contributed by atoms with Gasteiger partial charge in [-0.1, -0.05) is 12.8 Å². The zero-order valence-electron chi connectivity index (χ0n) is 18.1. The van der Waals surface area contributed by atoms with Crippen LogP contribution in [0, 0.1) is 0 Å². The van der Waals surface area contributed by atoms with E-state index in [-0.39, 0.29) is 17.5 Å². The van der Waals surface area contributed by atoms with Gasteiger partial charge in [0.25, 0.3) is 0 Å². The fraction of sp³-hybridized carbons (Fsp3) is 0.391. The van der Waals surface area contributed by atoms with Gasteiger partial charge in [0.1, 0.15) is 11.5 Å². The number of sulfone groups is 1. The first-order valence-corrected chi connectivity index (χ1v) is 13.2. The third kappa shape index (κ3) is 3.88. The molecule has 9 nitrogen and oxygen atoms in total. The molecule has 1 aliphatic carbocycles. The Morgan fingerprint density at radius 2 is 1.85 bits per heavy atom. The second kappa shape index (κ2) is 7.95. The summed E-state index contributed by atoms with van der Waals surface area (Å²) >= 11 is 0. The van der Waals surface area contributed by atoms with Gasteiger partial charge in [0.05, 0.1) is 35.1 Å². The van der Waals surface area contributed by atoms with E-state index in [2.05, 4.69) is 30.2 Å². The smallest absolute Gasteiger partial charge is 0.230 e. The third-order valence-electron chi connectivity index (χ3n) is 6.64. The molecule has 33 heavy (non-hydrogen) atoms. The molecule has 1 unspecified atom stereocenters. The average molecular weight is 464 g/mol. The lowest BCUT2D eigenvalue weighted by molar-refractivity contribution is 0.546. The molecule has 2 N–H and O–H groups in total. The van der Waals surface area contributed by atoms with Crippen LogP contribution >= 0.6 is 0 Å². The molecular formula is C23H25N7O2S. The van der Waals surface area contributed by atoms with Gasteiger partial charge in [-0.2, -0.15) is 4.98 Å². The highest BCUT2D eigenvalue weighted by molar-refractivity contribution is 7.91. The first-order valence-electron chi connectivity index (χ1n) is 11.4. The number of fused-ring (bicyclic) bond motifs is 3. The van der Waals surface area contributed by atoms with E-state index in [4.69, 9.17) is 4.98 Å². The lowest BCUT2D eigenvalue weighted by Gasteiger charge is -2.15. The summed E-state index contributed by atoms with van der Waals surface area (Å²) in [5.41, 5.74) is 2.82. The maximum atomic E-state index is 11.7. The molecule has 4 aromatic heterocycles. The van der Waals surface area contributed by atoms with E-state index >= 15 is 0 Å². The molecule has 10 heteroatoms. The van der Waals surface area contributed by atoms with Gasteiger partial charge < -0.3 is 15.2 Å². The fourth-order valence-corrected chi connectivity index (χ4v) is 6.74. The number of hydrogen-bond acceptors (Lipinski definition) is 8. The first-order chi connectivity index (χ1) is 16.1. The molecule has 2 aliphatic rings. The summed E-state index contributed by atoms with van der Waals surface area (Å²) in [7, 11) is -2.92. The Labute approximate surface area is 191 Å². The van der Waals surface area contributed by atoms with Gasteiger partial charge in [-0.05, 0) is 37.5 Å². The van der Waals surface area contributed by atoms with E-state index < -0.39 is 9.84 Å². The number of nitrogens with zero attached hydrogens (tertiary/aromatic N) is 5. The van der Waals surface area contributed by atoms with Crippen LogP contribution in [0.4, 0.5) is 17.5 Å². The molecule has 2 fully saturated rings. The number of aromatic nitrogens is 5. The highest BCUT2D eigenvalue weighted by Gasteiger charge is 2.27. The minimum atomic E-state index is -2.92. The minimum Gasteiger partial charge on any atom is -0.380 e. The van der Waals surface area contributed by atoms with Crippen molar-refractivity contribution in [1.29, 1.82) is 0 Å². The summed E-state index contributed by atoms with van der Waals surface area (Å²) in [6.45, 7) is 0. The van der Waals surface area contributed by atoms with Gasteiger partial charge >= 0.3 is 0 Å². The van der Waals surface area contributed by atoms with Crippen LogP contribution in [0.2, 0.25) is 0 Å². The summed E-state index contributed by atoms with van der Waals surface area (Å²) in [5.74, 6) is 1.54. The molecule has 0 amide bonds. The molecule has 0 spiro atoms. The molecule has 0 radical (unpaired) electrons. The van der Waals surface area contributed by atoms with Crippen LogP contribution in [-0.2, 0) is 9.84 Å². The van der Waals surface area contributed by atoms with Crippen molar-refractivity contribution < 1.29 is 8.42 Å². The summed E-state index contributed by atoms with van der Waals surface area (Å²) in [5, 5.41) is 8.62. The van der Waals surface area contributed by atoms with Crippen LogP contribution in [0.5, 0.6) is 0 Å². The Balaban J connectivity index is 1.27. The number of pyridine rings is 2. The maximum absolute atomic E-state index is 11.7. The number of hydrogen-bond donors (Lipinski definition) is 2. The number of anilines is 3. The summed E-state index contributed by atoms with van der Waals surface area (Å²) in [6.07, 6.45) is 12.7. The molecule has 0 aromatic carbocycles. The molecule has 5 heterocycles. The number of nitrogens with one attached hydrogen (secondary N) is 2. The van der Waals surface area contributed by atoms with Crippen LogP contribution in [0.3, 0.4) is 0 Å². The van der Waals surface area contributed by atoms with E-state index in [0.717, 1.165) is 40.5 Å². The fourth-order valence-electron chi connectivity index (χ4n) is 5.07. The molecule has 1 saturated heterocycles. The van der Waals surface area contributed by atoms with Crippen molar-refractivity contribution in [2.24, 2.45) is 0 Å². The van der Waals surface area contributed by atoms with Gasteiger partial charge in [-0.3, -0.25) is 4.98 Å². The second-order valence-corrected chi connectivity index (χ2v) is 11.2. The van der Waals surface area contributed by atoms with Crippen LogP contribution < -0.4 is 10.6 Å². The van der Waals surface area contributed by atoms with Crippen molar-refractivity contribution in [2.45, 2.75) is 44.2 Å². The standard InChI is InChI=1S/C23H25N7O2S/c31-33(32)10-8-16(14-33)27-15-5-6-21(25-11-15)28-23-26-12-19-18-7-9-24-13-20(18)30(22(19)29-23)17-3-1-2-4-17/h5-7,9,11-13,16-17,27H,1-4,8,10,14H2,(H,25,26,28,29). The van der Waals surface area contributed by atoms with Crippen LogP contribution in [-0.4, -0.2) is 50.5 Å². The largest absolute Gasteiger partial charge is 0.380 e. The highest BCUT2D eigenvalue weighted by atomic mass is 32.2. The average Bonchev–Trinajstić information content (AvgIpc) is 3.52. The SMILES string of the molecule is O=S1(=O)CCC(Nc2ccc(Nc3ncc4c5ccncc5n(C5CCCC5)c4n3)nc2)C1. The number of rotatable bonds is 5. The van der Waals surface area contributed by atoms with Crippen LogP contribution in [0.1, 0.15) is 38.1 Å². The quantitative estimate of drug-likeness (QED) is 0.459. The van der Waals surface area contributed by atoms with Crippen LogP contribution in [0.15, 0.2) is 43.0 Å². The lowest BCUT2D eigenvalue weighted by atomic mass is 10.2. The van der Waals surface area contributed by atoms with Crippen molar-refractivity contribution >= 4 is 49.2 Å². The van der Waals surface area contributed by atoms with Crippen molar-refractivity contribution in [2.75, 3.05) is 22.1 Å². The lowest BCUT2D eigenvalue weighted by Crippen LogP contribution is -2.20. The van der Waals surface area contributed by atoms with Gasteiger partial charge in [-0.25, -0.2) is 18.4 Å². The van der Waals surface area contributed by atoms with E-state index in [0.29, 0.717) is 24.2 Å². The monoisotopic (exact) mass is 463 g/mol. The van der Waals surface area contributed by atoms with Crippen molar-refractivity contribution in [1.82, 2.24) is 24.5 Å².